The summed E-state index contributed by atoms with van der Waals surface area (Å²) in [5.74, 6) is 1.44. The SMILES string of the molecule is CC1CCC(CNC(=O)N2CCc3c(ncn(C)c3=O)C2)CC1. The van der Waals surface area contributed by atoms with Crippen molar-refractivity contribution >= 4 is 6.03 Å². The first-order valence-corrected chi connectivity index (χ1v) is 8.60. The summed E-state index contributed by atoms with van der Waals surface area (Å²) in [4.78, 5) is 30.5. The third kappa shape index (κ3) is 3.57. The molecule has 0 unspecified atom stereocenters. The first kappa shape index (κ1) is 16.0. The Balaban J connectivity index is 1.55. The maximum Gasteiger partial charge on any atom is 0.317 e. The molecule has 0 saturated heterocycles. The Hall–Kier alpha value is -1.85. The van der Waals surface area contributed by atoms with Gasteiger partial charge in [0.05, 0.1) is 18.6 Å². The van der Waals surface area contributed by atoms with Crippen LogP contribution in [0.1, 0.15) is 43.9 Å². The second kappa shape index (κ2) is 6.72. The molecule has 1 aromatic heterocycles. The van der Waals surface area contributed by atoms with E-state index in [2.05, 4.69) is 17.2 Å². The molecule has 1 saturated carbocycles. The van der Waals surface area contributed by atoms with E-state index in [-0.39, 0.29) is 11.6 Å². The van der Waals surface area contributed by atoms with E-state index in [9.17, 15) is 9.59 Å². The van der Waals surface area contributed by atoms with Crippen LogP contribution in [0.15, 0.2) is 11.1 Å². The summed E-state index contributed by atoms with van der Waals surface area (Å²) in [5, 5.41) is 3.07. The van der Waals surface area contributed by atoms with Crippen LogP contribution >= 0.6 is 0 Å². The van der Waals surface area contributed by atoms with E-state index in [1.54, 1.807) is 11.9 Å². The van der Waals surface area contributed by atoms with Crippen LogP contribution in [0.4, 0.5) is 4.79 Å². The highest BCUT2D eigenvalue weighted by atomic mass is 16.2. The molecular formula is C17H26N4O2. The molecule has 1 N–H and O–H groups in total. The largest absolute Gasteiger partial charge is 0.338 e. The second-order valence-electron chi connectivity index (χ2n) is 7.07. The molecule has 2 heterocycles. The van der Waals surface area contributed by atoms with Crippen LogP contribution in [0.3, 0.4) is 0 Å². The molecule has 2 amide bonds. The van der Waals surface area contributed by atoms with Crippen LogP contribution in [0, 0.1) is 11.8 Å². The van der Waals surface area contributed by atoms with Crippen molar-refractivity contribution in [3.8, 4) is 0 Å². The highest BCUT2D eigenvalue weighted by Crippen LogP contribution is 2.27. The molecule has 0 aromatic carbocycles. The lowest BCUT2D eigenvalue weighted by Gasteiger charge is -2.30. The maximum absolute atomic E-state index is 12.4. The lowest BCUT2D eigenvalue weighted by atomic mass is 9.83. The molecule has 2 aliphatic rings. The van der Waals surface area contributed by atoms with Crippen LogP contribution in [0.5, 0.6) is 0 Å². The number of aromatic nitrogens is 2. The minimum absolute atomic E-state index is 0.00591. The molecule has 0 spiro atoms. The fourth-order valence-corrected chi connectivity index (χ4v) is 3.57. The summed E-state index contributed by atoms with van der Waals surface area (Å²) in [5.41, 5.74) is 1.49. The van der Waals surface area contributed by atoms with Gasteiger partial charge in [0.1, 0.15) is 0 Å². The Kier molecular flexibility index (Phi) is 4.68. The monoisotopic (exact) mass is 318 g/mol. The van der Waals surface area contributed by atoms with Crippen LogP contribution in [0.25, 0.3) is 0 Å². The lowest BCUT2D eigenvalue weighted by molar-refractivity contribution is 0.186. The molecule has 1 fully saturated rings. The highest BCUT2D eigenvalue weighted by Gasteiger charge is 2.25. The summed E-state index contributed by atoms with van der Waals surface area (Å²) < 4.78 is 1.50. The van der Waals surface area contributed by atoms with Gasteiger partial charge in [-0.25, -0.2) is 9.78 Å². The fourth-order valence-electron chi connectivity index (χ4n) is 3.57. The van der Waals surface area contributed by atoms with Gasteiger partial charge in [-0.1, -0.05) is 19.8 Å². The van der Waals surface area contributed by atoms with Crippen LogP contribution in [-0.4, -0.2) is 33.6 Å². The smallest absolute Gasteiger partial charge is 0.317 e. The Morgan fingerprint density at radius 2 is 2.09 bits per heavy atom. The minimum atomic E-state index is -0.0308. The highest BCUT2D eigenvalue weighted by molar-refractivity contribution is 5.74. The second-order valence-corrected chi connectivity index (χ2v) is 7.07. The molecule has 126 valence electrons. The average Bonchev–Trinajstić information content (AvgIpc) is 2.57. The molecule has 1 aromatic rings. The molecule has 0 bridgehead atoms. The summed E-state index contributed by atoms with van der Waals surface area (Å²) in [7, 11) is 1.71. The molecular weight excluding hydrogens is 292 g/mol. The molecule has 3 rings (SSSR count). The molecule has 6 heteroatoms. The Morgan fingerprint density at radius 1 is 1.35 bits per heavy atom. The third-order valence-corrected chi connectivity index (χ3v) is 5.25. The molecule has 6 nitrogen and oxygen atoms in total. The van der Waals surface area contributed by atoms with Gasteiger partial charge in [-0.15, -0.1) is 0 Å². The first-order valence-electron chi connectivity index (χ1n) is 8.60. The zero-order chi connectivity index (χ0) is 16.4. The third-order valence-electron chi connectivity index (χ3n) is 5.25. The van der Waals surface area contributed by atoms with E-state index < -0.39 is 0 Å². The minimum Gasteiger partial charge on any atom is -0.338 e. The Morgan fingerprint density at radius 3 is 2.83 bits per heavy atom. The normalized spacial score (nSPS) is 24.2. The summed E-state index contributed by atoms with van der Waals surface area (Å²) in [6.07, 6.45) is 7.08. The van der Waals surface area contributed by atoms with Gasteiger partial charge in [0.25, 0.3) is 5.56 Å². The van der Waals surface area contributed by atoms with Gasteiger partial charge in [-0.2, -0.15) is 0 Å². The van der Waals surface area contributed by atoms with Crippen LogP contribution < -0.4 is 10.9 Å². The number of fused-ring (bicyclic) bond motifs is 1. The number of hydrogen-bond donors (Lipinski definition) is 1. The van der Waals surface area contributed by atoms with Crippen molar-refractivity contribution in [3.05, 3.63) is 27.9 Å². The standard InChI is InChI=1S/C17H26N4O2/c1-12-3-5-13(6-4-12)9-18-17(23)21-8-7-14-15(10-21)19-11-20(2)16(14)22/h11-13H,3-10H2,1-2H3,(H,18,23). The van der Waals surface area contributed by atoms with Gasteiger partial charge in [0.15, 0.2) is 0 Å². The van der Waals surface area contributed by atoms with Crippen LogP contribution in [-0.2, 0) is 20.0 Å². The fraction of sp³-hybridized carbons (Fsp3) is 0.706. The lowest BCUT2D eigenvalue weighted by Crippen LogP contribution is -2.46. The topological polar surface area (TPSA) is 67.2 Å². The average molecular weight is 318 g/mol. The Bertz CT molecular complexity index is 632. The van der Waals surface area contributed by atoms with E-state index in [0.717, 1.165) is 23.7 Å². The zero-order valence-electron chi connectivity index (χ0n) is 14.0. The molecule has 1 aliphatic heterocycles. The number of carbonyl (C=O) groups is 1. The van der Waals surface area contributed by atoms with Gasteiger partial charge in [0.2, 0.25) is 0 Å². The number of rotatable bonds is 2. The number of nitrogens with one attached hydrogen (secondary N) is 1. The van der Waals surface area contributed by atoms with Gasteiger partial charge < -0.3 is 14.8 Å². The summed E-state index contributed by atoms with van der Waals surface area (Å²) >= 11 is 0. The molecule has 1 aliphatic carbocycles. The zero-order valence-corrected chi connectivity index (χ0v) is 14.0. The van der Waals surface area contributed by atoms with Crippen molar-refractivity contribution in [1.29, 1.82) is 0 Å². The van der Waals surface area contributed by atoms with Gasteiger partial charge >= 0.3 is 6.03 Å². The summed E-state index contributed by atoms with van der Waals surface area (Å²) in [6, 6.07) is -0.0308. The van der Waals surface area contributed by atoms with Crippen LogP contribution in [0.2, 0.25) is 0 Å². The quantitative estimate of drug-likeness (QED) is 0.902. The van der Waals surface area contributed by atoms with E-state index in [1.165, 1.54) is 36.6 Å². The summed E-state index contributed by atoms with van der Waals surface area (Å²) in [6.45, 7) is 4.08. The van der Waals surface area contributed by atoms with Crippen molar-refractivity contribution in [2.24, 2.45) is 18.9 Å². The molecule has 0 radical (unpaired) electrons. The maximum atomic E-state index is 12.4. The van der Waals surface area contributed by atoms with E-state index in [1.807, 2.05) is 0 Å². The Labute approximate surface area is 136 Å². The van der Waals surface area contributed by atoms with Crippen molar-refractivity contribution in [1.82, 2.24) is 19.8 Å². The predicted molar refractivity (Wildman–Crippen MR) is 88.1 cm³/mol. The van der Waals surface area contributed by atoms with Crippen molar-refractivity contribution in [3.63, 3.8) is 0 Å². The van der Waals surface area contributed by atoms with E-state index in [4.69, 9.17) is 0 Å². The first-order chi connectivity index (χ1) is 11.0. The molecule has 23 heavy (non-hydrogen) atoms. The van der Waals surface area contributed by atoms with Gasteiger partial charge in [-0.3, -0.25) is 4.79 Å². The number of urea groups is 1. The van der Waals surface area contributed by atoms with Crippen molar-refractivity contribution in [2.45, 2.75) is 45.6 Å². The van der Waals surface area contributed by atoms with Crippen molar-refractivity contribution < 1.29 is 4.79 Å². The number of aryl methyl sites for hydroxylation is 1. The molecule has 0 atom stereocenters. The van der Waals surface area contributed by atoms with Gasteiger partial charge in [-0.05, 0) is 31.1 Å². The number of carbonyl (C=O) groups excluding carboxylic acids is 1. The number of amides is 2. The number of nitrogens with zero attached hydrogens (tertiary/aromatic N) is 3. The van der Waals surface area contributed by atoms with Gasteiger partial charge in [0, 0.05) is 25.7 Å². The predicted octanol–water partition coefficient (Wildman–Crippen LogP) is 1.67. The van der Waals surface area contributed by atoms with Crippen molar-refractivity contribution in [2.75, 3.05) is 13.1 Å². The number of hydrogen-bond acceptors (Lipinski definition) is 3. The van der Waals surface area contributed by atoms with E-state index in [0.29, 0.717) is 25.4 Å². The van der Waals surface area contributed by atoms with E-state index >= 15 is 0 Å².